The molecule has 0 unspecified atom stereocenters. The van der Waals surface area contributed by atoms with Crippen LogP contribution in [0.4, 0.5) is 0 Å². The van der Waals surface area contributed by atoms with Crippen molar-refractivity contribution in [2.75, 3.05) is 14.2 Å². The lowest BCUT2D eigenvalue weighted by Gasteiger charge is -2.11. The van der Waals surface area contributed by atoms with Crippen LogP contribution in [0.15, 0.2) is 71.3 Å². The molecular formula is C16H14O4. The van der Waals surface area contributed by atoms with Gasteiger partial charge < -0.3 is 9.47 Å². The summed E-state index contributed by atoms with van der Waals surface area (Å²) in [5.74, 6) is 0.806. The van der Waals surface area contributed by atoms with Gasteiger partial charge in [0.2, 0.25) is 0 Å². The molecule has 0 N–H and O–H groups in total. The van der Waals surface area contributed by atoms with Crippen molar-refractivity contribution in [3.8, 4) is 0 Å². The smallest absolute Gasteiger partial charge is 0.182 e. The molecule has 0 bridgehead atoms. The molecule has 0 fully saturated rings. The molecule has 0 heterocycles. The van der Waals surface area contributed by atoms with E-state index in [-0.39, 0.29) is 11.6 Å². The van der Waals surface area contributed by atoms with Crippen LogP contribution in [0.1, 0.15) is 0 Å². The van der Waals surface area contributed by atoms with Gasteiger partial charge in [-0.15, -0.1) is 0 Å². The van der Waals surface area contributed by atoms with Gasteiger partial charge in [-0.05, 0) is 24.3 Å². The Morgan fingerprint density at radius 3 is 1.50 bits per heavy atom. The summed E-state index contributed by atoms with van der Waals surface area (Å²) < 4.78 is 10.3. The molecule has 102 valence electrons. The maximum atomic E-state index is 11.3. The molecule has 2 rings (SSSR count). The quantitative estimate of drug-likeness (QED) is 0.788. The summed E-state index contributed by atoms with van der Waals surface area (Å²) in [4.78, 5) is 22.5. The van der Waals surface area contributed by atoms with Gasteiger partial charge in [0.05, 0.1) is 14.2 Å². The van der Waals surface area contributed by atoms with Crippen LogP contribution in [-0.4, -0.2) is 25.8 Å². The molecular weight excluding hydrogens is 256 g/mol. The minimum absolute atomic E-state index is 0.104. The van der Waals surface area contributed by atoms with Crippen LogP contribution in [0.5, 0.6) is 0 Å². The Bertz CT molecular complexity index is 569. The molecule has 0 amide bonds. The summed E-state index contributed by atoms with van der Waals surface area (Å²) in [6, 6.07) is 0. The van der Waals surface area contributed by atoms with Crippen molar-refractivity contribution in [1.82, 2.24) is 0 Å². The van der Waals surface area contributed by atoms with Gasteiger partial charge in [-0.1, -0.05) is 12.2 Å². The molecule has 2 aliphatic carbocycles. The first kappa shape index (κ1) is 13.8. The molecule has 0 aliphatic heterocycles. The monoisotopic (exact) mass is 270 g/mol. The molecule has 4 nitrogen and oxygen atoms in total. The fourth-order valence-electron chi connectivity index (χ4n) is 1.84. The lowest BCUT2D eigenvalue weighted by atomic mass is 10.0. The topological polar surface area (TPSA) is 52.6 Å². The van der Waals surface area contributed by atoms with Crippen molar-refractivity contribution in [1.29, 1.82) is 0 Å². The van der Waals surface area contributed by atoms with Crippen LogP contribution in [0.25, 0.3) is 0 Å². The van der Waals surface area contributed by atoms with E-state index in [9.17, 15) is 9.59 Å². The van der Waals surface area contributed by atoms with Crippen LogP contribution in [0.2, 0.25) is 0 Å². The highest BCUT2D eigenvalue weighted by Crippen LogP contribution is 2.21. The first-order valence-corrected chi connectivity index (χ1v) is 6.02. The van der Waals surface area contributed by atoms with E-state index in [0.29, 0.717) is 11.5 Å². The van der Waals surface area contributed by atoms with Crippen molar-refractivity contribution < 1.29 is 19.1 Å². The van der Waals surface area contributed by atoms with Crippen molar-refractivity contribution in [2.45, 2.75) is 0 Å². The molecule has 0 spiro atoms. The number of rotatable bonds is 3. The summed E-state index contributed by atoms with van der Waals surface area (Å²) >= 11 is 0. The summed E-state index contributed by atoms with van der Waals surface area (Å²) in [5, 5.41) is 0. The third-order valence-corrected chi connectivity index (χ3v) is 2.85. The molecule has 20 heavy (non-hydrogen) atoms. The summed E-state index contributed by atoms with van der Waals surface area (Å²) in [6.45, 7) is 0. The number of ether oxygens (including phenoxy) is 2. The van der Waals surface area contributed by atoms with Gasteiger partial charge in [-0.3, -0.25) is 9.59 Å². The lowest BCUT2D eigenvalue weighted by molar-refractivity contribution is -0.111. The van der Waals surface area contributed by atoms with Crippen molar-refractivity contribution in [3.05, 3.63) is 71.3 Å². The molecule has 0 aromatic carbocycles. The number of hydrogen-bond acceptors (Lipinski definition) is 4. The average molecular weight is 270 g/mol. The van der Waals surface area contributed by atoms with Gasteiger partial charge in [0.15, 0.2) is 11.6 Å². The zero-order valence-electron chi connectivity index (χ0n) is 11.3. The third-order valence-electron chi connectivity index (χ3n) is 2.85. The summed E-state index contributed by atoms with van der Waals surface area (Å²) in [5.41, 5.74) is 1.56. The molecule has 0 saturated heterocycles. The van der Waals surface area contributed by atoms with Crippen molar-refractivity contribution >= 4 is 11.6 Å². The molecule has 0 atom stereocenters. The van der Waals surface area contributed by atoms with Gasteiger partial charge in [-0.25, -0.2) is 0 Å². The maximum Gasteiger partial charge on any atom is 0.182 e. The molecule has 0 saturated carbocycles. The first-order chi connectivity index (χ1) is 9.63. The predicted octanol–water partition coefficient (Wildman–Crippen LogP) is 2.18. The Morgan fingerprint density at radius 2 is 1.15 bits per heavy atom. The lowest BCUT2D eigenvalue weighted by Crippen LogP contribution is -2.02. The number of carbonyl (C=O) groups excluding carboxylic acids is 2. The number of allylic oxidation sites excluding steroid dienone is 8. The second-order valence-electron chi connectivity index (χ2n) is 4.14. The standard InChI is InChI=1S/C16H14O4/c1-19-15-9-13(17)7-5-11(15)3-4-12-6-8-14(18)10-16(12)20-2/h3-10H,1-2H3/b11-3-,12-4+. The zero-order chi connectivity index (χ0) is 14.5. The number of methoxy groups -OCH3 is 2. The number of ketones is 2. The van der Waals surface area contributed by atoms with E-state index in [1.807, 2.05) is 0 Å². The Kier molecular flexibility index (Phi) is 4.15. The van der Waals surface area contributed by atoms with E-state index in [1.54, 1.807) is 24.3 Å². The minimum atomic E-state index is -0.104. The van der Waals surface area contributed by atoms with Crippen LogP contribution >= 0.6 is 0 Å². The van der Waals surface area contributed by atoms with E-state index in [2.05, 4.69) is 0 Å². The SMILES string of the molecule is COC1=CC(=O)C=C/C1=C/C=C1\C=CC(=O)C=C1OC. The van der Waals surface area contributed by atoms with E-state index < -0.39 is 0 Å². The van der Waals surface area contributed by atoms with Gasteiger partial charge in [0.1, 0.15) is 11.5 Å². The highest BCUT2D eigenvalue weighted by Gasteiger charge is 2.12. The summed E-state index contributed by atoms with van der Waals surface area (Å²) in [6.07, 6.45) is 12.8. The largest absolute Gasteiger partial charge is 0.496 e. The highest BCUT2D eigenvalue weighted by atomic mass is 16.5. The van der Waals surface area contributed by atoms with E-state index in [4.69, 9.17) is 9.47 Å². The minimum Gasteiger partial charge on any atom is -0.496 e. The molecule has 4 heteroatoms. The van der Waals surface area contributed by atoms with Crippen molar-refractivity contribution in [2.24, 2.45) is 0 Å². The van der Waals surface area contributed by atoms with E-state index in [0.717, 1.165) is 11.1 Å². The van der Waals surface area contributed by atoms with Crippen LogP contribution in [-0.2, 0) is 19.1 Å². The molecule has 2 aliphatic rings. The molecule has 0 aromatic rings. The van der Waals surface area contributed by atoms with Gasteiger partial charge in [0, 0.05) is 23.3 Å². The second-order valence-corrected chi connectivity index (χ2v) is 4.14. The van der Waals surface area contributed by atoms with Crippen LogP contribution in [0, 0.1) is 0 Å². The normalized spacial score (nSPS) is 22.1. The van der Waals surface area contributed by atoms with Gasteiger partial charge >= 0.3 is 0 Å². The zero-order valence-corrected chi connectivity index (χ0v) is 11.3. The summed E-state index contributed by atoms with van der Waals surface area (Å²) in [7, 11) is 3.03. The Morgan fingerprint density at radius 1 is 0.750 bits per heavy atom. The fourth-order valence-corrected chi connectivity index (χ4v) is 1.84. The van der Waals surface area contributed by atoms with Crippen LogP contribution in [0.3, 0.4) is 0 Å². The van der Waals surface area contributed by atoms with Crippen LogP contribution < -0.4 is 0 Å². The third kappa shape index (κ3) is 3.03. The van der Waals surface area contributed by atoms with Gasteiger partial charge in [-0.2, -0.15) is 0 Å². The van der Waals surface area contributed by atoms with E-state index >= 15 is 0 Å². The average Bonchev–Trinajstić information content (AvgIpc) is 2.46. The van der Waals surface area contributed by atoms with Gasteiger partial charge in [0.25, 0.3) is 0 Å². The number of hydrogen-bond donors (Lipinski definition) is 0. The molecule has 0 radical (unpaired) electrons. The second kappa shape index (κ2) is 6.02. The number of carbonyl (C=O) groups is 2. The fraction of sp³-hybridized carbons (Fsp3) is 0.125. The Balaban J connectivity index is 2.30. The predicted molar refractivity (Wildman–Crippen MR) is 74.6 cm³/mol. The maximum absolute atomic E-state index is 11.3. The molecule has 0 aromatic heterocycles. The highest BCUT2D eigenvalue weighted by molar-refractivity contribution is 6.02. The Hall–Kier alpha value is -2.62. The van der Waals surface area contributed by atoms with Crippen molar-refractivity contribution in [3.63, 3.8) is 0 Å². The Labute approximate surface area is 117 Å². The first-order valence-electron chi connectivity index (χ1n) is 6.02. The van der Waals surface area contributed by atoms with E-state index in [1.165, 1.54) is 38.5 Å².